The Bertz CT molecular complexity index is 705. The summed E-state index contributed by atoms with van der Waals surface area (Å²) in [4.78, 5) is 29.5. The van der Waals surface area contributed by atoms with E-state index < -0.39 is 0 Å². The topological polar surface area (TPSA) is 75.4 Å². The third-order valence-corrected chi connectivity index (χ3v) is 4.39. The monoisotopic (exact) mass is 329 g/mol. The van der Waals surface area contributed by atoms with Gasteiger partial charge in [0.1, 0.15) is 5.76 Å². The van der Waals surface area contributed by atoms with Gasteiger partial charge in [0.2, 0.25) is 0 Å². The summed E-state index contributed by atoms with van der Waals surface area (Å²) in [6.07, 6.45) is 6.60. The standard InChI is InChI=1S/C17H23N5O2/c1-12-15(20-11-24-12)17(23)22-8-4-13(5-9-22)16-14(10-21(2)3)18-6-7-19-16/h6-7,11,13H,4-5,8-10H2,1-3H3. The first-order chi connectivity index (χ1) is 11.6. The van der Waals surface area contributed by atoms with Crippen molar-refractivity contribution >= 4 is 5.91 Å². The molecule has 1 aliphatic heterocycles. The highest BCUT2D eigenvalue weighted by Crippen LogP contribution is 2.29. The van der Waals surface area contributed by atoms with E-state index >= 15 is 0 Å². The van der Waals surface area contributed by atoms with E-state index in [1.54, 1.807) is 19.3 Å². The van der Waals surface area contributed by atoms with Gasteiger partial charge in [-0.1, -0.05) is 0 Å². The molecule has 2 aromatic rings. The molecule has 0 saturated carbocycles. The van der Waals surface area contributed by atoms with E-state index in [2.05, 4.69) is 19.9 Å². The lowest BCUT2D eigenvalue weighted by Gasteiger charge is -2.32. The van der Waals surface area contributed by atoms with Gasteiger partial charge in [-0.15, -0.1) is 0 Å². The van der Waals surface area contributed by atoms with Crippen LogP contribution < -0.4 is 0 Å². The Kier molecular flexibility index (Phi) is 4.89. The summed E-state index contributed by atoms with van der Waals surface area (Å²) in [7, 11) is 4.06. The van der Waals surface area contributed by atoms with Gasteiger partial charge in [-0.2, -0.15) is 0 Å². The zero-order chi connectivity index (χ0) is 17.1. The molecule has 0 aliphatic carbocycles. The molecule has 0 unspecified atom stereocenters. The number of likely N-dealkylation sites (tertiary alicyclic amines) is 1. The van der Waals surface area contributed by atoms with Crippen molar-refractivity contribution in [2.24, 2.45) is 0 Å². The quantitative estimate of drug-likeness (QED) is 0.852. The average molecular weight is 329 g/mol. The molecule has 24 heavy (non-hydrogen) atoms. The van der Waals surface area contributed by atoms with Crippen molar-refractivity contribution in [1.82, 2.24) is 24.8 Å². The zero-order valence-electron chi connectivity index (χ0n) is 14.4. The first-order valence-electron chi connectivity index (χ1n) is 8.20. The van der Waals surface area contributed by atoms with Gasteiger partial charge in [-0.25, -0.2) is 4.98 Å². The van der Waals surface area contributed by atoms with Gasteiger partial charge in [0.15, 0.2) is 12.1 Å². The normalized spacial score (nSPS) is 15.9. The summed E-state index contributed by atoms with van der Waals surface area (Å²) >= 11 is 0. The van der Waals surface area contributed by atoms with Crippen molar-refractivity contribution in [2.75, 3.05) is 27.2 Å². The summed E-state index contributed by atoms with van der Waals surface area (Å²) in [6.45, 7) is 3.95. The maximum atomic E-state index is 12.5. The summed E-state index contributed by atoms with van der Waals surface area (Å²) in [5.41, 5.74) is 2.51. The van der Waals surface area contributed by atoms with Crippen LogP contribution in [-0.2, 0) is 6.54 Å². The molecule has 0 bridgehead atoms. The number of carbonyl (C=O) groups is 1. The average Bonchev–Trinajstić information content (AvgIpc) is 3.00. The minimum absolute atomic E-state index is 0.0487. The Morgan fingerprint density at radius 3 is 2.58 bits per heavy atom. The van der Waals surface area contributed by atoms with Crippen LogP contribution in [0.25, 0.3) is 0 Å². The molecule has 1 fully saturated rings. The number of hydrogen-bond acceptors (Lipinski definition) is 6. The molecule has 0 N–H and O–H groups in total. The molecular formula is C17H23N5O2. The van der Waals surface area contributed by atoms with E-state index in [9.17, 15) is 4.79 Å². The van der Waals surface area contributed by atoms with Crippen molar-refractivity contribution in [2.45, 2.75) is 32.2 Å². The van der Waals surface area contributed by atoms with Crippen molar-refractivity contribution in [3.8, 4) is 0 Å². The predicted octanol–water partition coefficient (Wildman–Crippen LogP) is 1.85. The van der Waals surface area contributed by atoms with E-state index in [0.29, 0.717) is 30.5 Å². The molecule has 0 aromatic carbocycles. The molecule has 0 spiro atoms. The molecule has 0 radical (unpaired) electrons. The van der Waals surface area contributed by atoms with Crippen molar-refractivity contribution in [1.29, 1.82) is 0 Å². The number of oxazole rings is 1. The molecule has 3 rings (SSSR count). The highest BCUT2D eigenvalue weighted by molar-refractivity contribution is 5.93. The van der Waals surface area contributed by atoms with Crippen LogP contribution in [0.1, 0.15) is 46.4 Å². The molecule has 3 heterocycles. The molecular weight excluding hydrogens is 306 g/mol. The lowest BCUT2D eigenvalue weighted by Crippen LogP contribution is -2.38. The smallest absolute Gasteiger partial charge is 0.276 e. The summed E-state index contributed by atoms with van der Waals surface area (Å²) in [5, 5.41) is 0. The lowest BCUT2D eigenvalue weighted by molar-refractivity contribution is 0.0704. The number of aromatic nitrogens is 3. The summed E-state index contributed by atoms with van der Waals surface area (Å²) < 4.78 is 5.14. The Morgan fingerprint density at radius 2 is 1.96 bits per heavy atom. The predicted molar refractivity (Wildman–Crippen MR) is 88.5 cm³/mol. The maximum absolute atomic E-state index is 12.5. The van der Waals surface area contributed by atoms with Crippen LogP contribution in [0.3, 0.4) is 0 Å². The zero-order valence-corrected chi connectivity index (χ0v) is 14.4. The maximum Gasteiger partial charge on any atom is 0.276 e. The number of piperidine rings is 1. The molecule has 7 nitrogen and oxygen atoms in total. The van der Waals surface area contributed by atoms with E-state index in [1.165, 1.54) is 6.39 Å². The second kappa shape index (κ2) is 7.09. The fourth-order valence-corrected chi connectivity index (χ4v) is 3.16. The first-order valence-corrected chi connectivity index (χ1v) is 8.20. The van der Waals surface area contributed by atoms with Gasteiger partial charge in [0.25, 0.3) is 5.91 Å². The van der Waals surface area contributed by atoms with Gasteiger partial charge < -0.3 is 14.2 Å². The van der Waals surface area contributed by atoms with Gasteiger partial charge in [-0.3, -0.25) is 14.8 Å². The van der Waals surface area contributed by atoms with Crippen LogP contribution in [0.15, 0.2) is 23.2 Å². The third-order valence-electron chi connectivity index (χ3n) is 4.39. The molecule has 1 aliphatic rings. The first kappa shape index (κ1) is 16.6. The number of rotatable bonds is 4. The van der Waals surface area contributed by atoms with Gasteiger partial charge in [0.05, 0.1) is 11.4 Å². The van der Waals surface area contributed by atoms with Crippen LogP contribution in [0, 0.1) is 6.92 Å². The Morgan fingerprint density at radius 1 is 1.25 bits per heavy atom. The molecule has 1 saturated heterocycles. The second-order valence-electron chi connectivity index (χ2n) is 6.45. The van der Waals surface area contributed by atoms with Gasteiger partial charge >= 0.3 is 0 Å². The van der Waals surface area contributed by atoms with E-state index in [1.807, 2.05) is 19.0 Å². The molecule has 2 aromatic heterocycles. The van der Waals surface area contributed by atoms with Crippen LogP contribution >= 0.6 is 0 Å². The van der Waals surface area contributed by atoms with Gasteiger partial charge in [-0.05, 0) is 33.9 Å². The van der Waals surface area contributed by atoms with Gasteiger partial charge in [0, 0.05) is 37.9 Å². The second-order valence-corrected chi connectivity index (χ2v) is 6.45. The number of amides is 1. The van der Waals surface area contributed by atoms with Crippen LogP contribution in [0.2, 0.25) is 0 Å². The molecule has 7 heteroatoms. The number of carbonyl (C=O) groups excluding carboxylic acids is 1. The number of hydrogen-bond donors (Lipinski definition) is 0. The minimum atomic E-state index is -0.0487. The minimum Gasteiger partial charge on any atom is -0.448 e. The van der Waals surface area contributed by atoms with Crippen LogP contribution in [-0.4, -0.2) is 57.8 Å². The largest absolute Gasteiger partial charge is 0.448 e. The fraction of sp³-hybridized carbons (Fsp3) is 0.529. The Hall–Kier alpha value is -2.28. The molecule has 128 valence electrons. The van der Waals surface area contributed by atoms with Crippen molar-refractivity contribution in [3.05, 3.63) is 41.6 Å². The van der Waals surface area contributed by atoms with E-state index in [4.69, 9.17) is 4.42 Å². The SMILES string of the molecule is Cc1ocnc1C(=O)N1CCC(c2nccnc2CN(C)C)CC1. The highest BCUT2D eigenvalue weighted by atomic mass is 16.3. The third kappa shape index (κ3) is 3.46. The summed E-state index contributed by atoms with van der Waals surface area (Å²) in [6, 6.07) is 0. The summed E-state index contributed by atoms with van der Waals surface area (Å²) in [5.74, 6) is 0.868. The van der Waals surface area contributed by atoms with Crippen LogP contribution in [0.4, 0.5) is 0 Å². The lowest BCUT2D eigenvalue weighted by atomic mass is 9.91. The van der Waals surface area contributed by atoms with E-state index in [0.717, 1.165) is 30.8 Å². The highest BCUT2D eigenvalue weighted by Gasteiger charge is 2.28. The molecule has 1 amide bonds. The van der Waals surface area contributed by atoms with E-state index in [-0.39, 0.29) is 5.91 Å². The van der Waals surface area contributed by atoms with Crippen molar-refractivity contribution < 1.29 is 9.21 Å². The number of nitrogens with zero attached hydrogens (tertiary/aromatic N) is 5. The fourth-order valence-electron chi connectivity index (χ4n) is 3.16. The van der Waals surface area contributed by atoms with Crippen molar-refractivity contribution in [3.63, 3.8) is 0 Å². The molecule has 0 atom stereocenters. The van der Waals surface area contributed by atoms with Crippen LogP contribution in [0.5, 0.6) is 0 Å². The Balaban J connectivity index is 1.67. The Labute approximate surface area is 141 Å². The number of aryl methyl sites for hydroxylation is 1.